The molecule has 1 atom stereocenters. The van der Waals surface area contributed by atoms with Gasteiger partial charge in [-0.05, 0) is 35.5 Å². The van der Waals surface area contributed by atoms with Crippen molar-refractivity contribution in [3.63, 3.8) is 0 Å². The van der Waals surface area contributed by atoms with Gasteiger partial charge in [-0.25, -0.2) is 4.98 Å². The Hall–Kier alpha value is -2.36. The number of nitrogens with one attached hydrogen (secondary N) is 1. The van der Waals surface area contributed by atoms with Crippen LogP contribution in [0, 0.1) is 0 Å². The van der Waals surface area contributed by atoms with Crippen LogP contribution < -0.4 is 10.1 Å². The number of thioether (sulfide) groups is 1. The molecule has 1 unspecified atom stereocenters. The number of amides is 1. The van der Waals surface area contributed by atoms with Crippen molar-refractivity contribution < 1.29 is 9.53 Å². The van der Waals surface area contributed by atoms with Crippen molar-refractivity contribution in [2.75, 3.05) is 12.4 Å². The second kappa shape index (κ2) is 8.55. The number of nitrogens with zero attached hydrogens (tertiary/aromatic N) is 5. The molecule has 8 nitrogen and oxygen atoms in total. The number of tetrazole rings is 1. The first kappa shape index (κ1) is 19.4. The number of carbonyl (C=O) groups is 1. The molecule has 3 rings (SSSR count). The zero-order chi connectivity index (χ0) is 19.4. The summed E-state index contributed by atoms with van der Waals surface area (Å²) in [7, 11) is 1.56. The molecule has 11 heteroatoms. The summed E-state index contributed by atoms with van der Waals surface area (Å²) in [5.74, 6) is 0.551. The third kappa shape index (κ3) is 4.49. The summed E-state index contributed by atoms with van der Waals surface area (Å²) in [5.41, 5.74) is 0.669. The number of benzene rings is 1. The molecule has 0 fully saturated rings. The molecule has 0 aliphatic rings. The first-order valence-electron chi connectivity index (χ1n) is 7.70. The lowest BCUT2D eigenvalue weighted by atomic mass is 10.3. The van der Waals surface area contributed by atoms with E-state index in [1.54, 1.807) is 20.1 Å². The average Bonchev–Trinajstić information content (AvgIpc) is 3.11. The molecule has 0 aliphatic heterocycles. The summed E-state index contributed by atoms with van der Waals surface area (Å²) in [6, 6.07) is 8.82. The quantitative estimate of drug-likeness (QED) is 0.604. The molecular formula is C16H14Cl2N6O2S. The van der Waals surface area contributed by atoms with Gasteiger partial charge in [0.15, 0.2) is 5.82 Å². The summed E-state index contributed by atoms with van der Waals surface area (Å²) in [6.07, 6.45) is 1.41. The lowest BCUT2D eigenvalue weighted by Gasteiger charge is -2.13. The lowest BCUT2D eigenvalue weighted by molar-refractivity contribution is -0.115. The molecule has 1 N–H and O–H groups in total. The zero-order valence-corrected chi connectivity index (χ0v) is 16.6. The fourth-order valence-corrected chi connectivity index (χ4v) is 3.37. The van der Waals surface area contributed by atoms with Crippen LogP contribution in [0.15, 0.2) is 41.7 Å². The number of ether oxygens (including phenoxy) is 1. The fourth-order valence-electron chi connectivity index (χ4n) is 2.14. The van der Waals surface area contributed by atoms with E-state index in [9.17, 15) is 4.79 Å². The van der Waals surface area contributed by atoms with E-state index in [2.05, 4.69) is 25.8 Å². The van der Waals surface area contributed by atoms with Gasteiger partial charge >= 0.3 is 0 Å². The normalized spacial score (nSPS) is 11.9. The second-order valence-corrected chi connectivity index (χ2v) is 7.43. The Morgan fingerprint density at radius 1 is 1.33 bits per heavy atom. The van der Waals surface area contributed by atoms with Gasteiger partial charge in [-0.1, -0.05) is 47.1 Å². The first-order valence-corrected chi connectivity index (χ1v) is 9.33. The van der Waals surface area contributed by atoms with Crippen LogP contribution >= 0.6 is 35.0 Å². The minimum atomic E-state index is -0.516. The van der Waals surface area contributed by atoms with Gasteiger partial charge in [0.1, 0.15) is 11.4 Å². The maximum absolute atomic E-state index is 12.5. The van der Waals surface area contributed by atoms with Crippen LogP contribution in [0.1, 0.15) is 6.92 Å². The molecule has 0 saturated heterocycles. The van der Waals surface area contributed by atoms with E-state index in [0.29, 0.717) is 21.6 Å². The molecule has 0 aliphatic carbocycles. The standard InChI is InChI=1S/C16H14Cl2N6O2S/c1-9(15(25)20-14-11(18)7-10(17)8-19-14)27-16-21-22-23-24(16)12-5-3-4-6-13(12)26-2/h3-9H,1-2H3,(H,19,20,25). The van der Waals surface area contributed by atoms with Gasteiger partial charge in [0.2, 0.25) is 11.1 Å². The molecule has 2 heterocycles. The zero-order valence-electron chi connectivity index (χ0n) is 14.3. The van der Waals surface area contributed by atoms with Crippen LogP contribution in [0.2, 0.25) is 10.0 Å². The van der Waals surface area contributed by atoms with Crippen LogP contribution in [0.5, 0.6) is 5.75 Å². The summed E-state index contributed by atoms with van der Waals surface area (Å²) in [4.78, 5) is 16.5. The van der Waals surface area contributed by atoms with E-state index in [1.807, 2.05) is 18.2 Å². The summed E-state index contributed by atoms with van der Waals surface area (Å²) < 4.78 is 6.85. The maximum atomic E-state index is 12.5. The molecule has 27 heavy (non-hydrogen) atoms. The number of aromatic nitrogens is 5. The van der Waals surface area contributed by atoms with Crippen LogP contribution in [-0.4, -0.2) is 43.5 Å². The molecule has 1 aromatic carbocycles. The highest BCUT2D eigenvalue weighted by Gasteiger charge is 2.21. The summed E-state index contributed by atoms with van der Waals surface area (Å²) in [5, 5.41) is 14.9. The minimum Gasteiger partial charge on any atom is -0.494 e. The Bertz CT molecular complexity index is 968. The van der Waals surface area contributed by atoms with Crippen molar-refractivity contribution in [2.45, 2.75) is 17.3 Å². The first-order chi connectivity index (χ1) is 13.0. The van der Waals surface area contributed by atoms with Crippen LogP contribution in [0.3, 0.4) is 0 Å². The van der Waals surface area contributed by atoms with Crippen molar-refractivity contribution >= 4 is 46.7 Å². The summed E-state index contributed by atoms with van der Waals surface area (Å²) in [6.45, 7) is 1.73. The smallest absolute Gasteiger partial charge is 0.238 e. The number of methoxy groups -OCH3 is 1. The Morgan fingerprint density at radius 3 is 2.85 bits per heavy atom. The Labute approximate surface area is 169 Å². The van der Waals surface area contributed by atoms with Gasteiger partial charge in [-0.2, -0.15) is 4.68 Å². The molecule has 0 bridgehead atoms. The molecule has 1 amide bonds. The number of para-hydroxylation sites is 2. The predicted molar refractivity (Wildman–Crippen MR) is 104 cm³/mol. The monoisotopic (exact) mass is 424 g/mol. The van der Waals surface area contributed by atoms with Gasteiger partial charge in [0.05, 0.1) is 22.4 Å². The van der Waals surface area contributed by atoms with Crippen LogP contribution in [0.4, 0.5) is 5.82 Å². The third-order valence-corrected chi connectivity index (χ3v) is 4.98. The Kier molecular flexibility index (Phi) is 6.15. The van der Waals surface area contributed by atoms with E-state index in [-0.39, 0.29) is 16.7 Å². The number of hydrogen-bond donors (Lipinski definition) is 1. The molecule has 0 radical (unpaired) electrons. The van der Waals surface area contributed by atoms with Crippen molar-refractivity contribution in [1.29, 1.82) is 0 Å². The largest absolute Gasteiger partial charge is 0.494 e. The number of hydrogen-bond acceptors (Lipinski definition) is 7. The van der Waals surface area contributed by atoms with Gasteiger partial charge < -0.3 is 10.1 Å². The molecular weight excluding hydrogens is 411 g/mol. The van der Waals surface area contributed by atoms with Crippen LogP contribution in [0.25, 0.3) is 5.69 Å². The van der Waals surface area contributed by atoms with E-state index in [0.717, 1.165) is 0 Å². The highest BCUT2D eigenvalue weighted by atomic mass is 35.5. The minimum absolute atomic E-state index is 0.239. The molecule has 2 aromatic heterocycles. The number of carbonyl (C=O) groups excluding carboxylic acids is 1. The van der Waals surface area contributed by atoms with Crippen molar-refractivity contribution in [3.8, 4) is 11.4 Å². The number of rotatable bonds is 6. The highest BCUT2D eigenvalue weighted by Crippen LogP contribution is 2.29. The topological polar surface area (TPSA) is 94.8 Å². The van der Waals surface area contributed by atoms with Crippen molar-refractivity contribution in [1.82, 2.24) is 25.2 Å². The Balaban J connectivity index is 1.76. The molecule has 3 aromatic rings. The van der Waals surface area contributed by atoms with E-state index in [1.165, 1.54) is 28.7 Å². The second-order valence-electron chi connectivity index (χ2n) is 5.28. The fraction of sp³-hybridized carbons (Fsp3) is 0.188. The van der Waals surface area contributed by atoms with E-state index < -0.39 is 5.25 Å². The van der Waals surface area contributed by atoms with E-state index in [4.69, 9.17) is 27.9 Å². The molecule has 140 valence electrons. The lowest BCUT2D eigenvalue weighted by Crippen LogP contribution is -2.23. The van der Waals surface area contributed by atoms with Crippen molar-refractivity contribution in [2.24, 2.45) is 0 Å². The Morgan fingerprint density at radius 2 is 2.11 bits per heavy atom. The van der Waals surface area contributed by atoms with Gasteiger partial charge in [-0.15, -0.1) is 5.10 Å². The number of halogens is 2. The third-order valence-electron chi connectivity index (χ3n) is 3.46. The highest BCUT2D eigenvalue weighted by molar-refractivity contribution is 8.00. The summed E-state index contributed by atoms with van der Waals surface area (Å²) >= 11 is 13.0. The van der Waals surface area contributed by atoms with Crippen LogP contribution in [-0.2, 0) is 4.79 Å². The number of anilines is 1. The SMILES string of the molecule is COc1ccccc1-n1nnnc1SC(C)C(=O)Nc1ncc(Cl)cc1Cl. The van der Waals surface area contributed by atoms with Gasteiger partial charge in [0.25, 0.3) is 0 Å². The average molecular weight is 425 g/mol. The van der Waals surface area contributed by atoms with E-state index >= 15 is 0 Å². The molecule has 0 spiro atoms. The van der Waals surface area contributed by atoms with Crippen molar-refractivity contribution in [3.05, 3.63) is 46.6 Å². The maximum Gasteiger partial charge on any atom is 0.238 e. The number of pyridine rings is 1. The predicted octanol–water partition coefficient (Wildman–Crippen LogP) is 3.49. The molecule has 0 saturated carbocycles. The van der Waals surface area contributed by atoms with Gasteiger partial charge in [0, 0.05) is 6.20 Å². The van der Waals surface area contributed by atoms with Gasteiger partial charge in [-0.3, -0.25) is 4.79 Å².